The number of benzene rings is 2. The smallest absolute Gasteiger partial charge is 0.310 e. The lowest BCUT2D eigenvalue weighted by molar-refractivity contribution is -0.144. The third kappa shape index (κ3) is 4.20. The van der Waals surface area contributed by atoms with Crippen LogP contribution in [0.15, 0.2) is 53.1 Å². The van der Waals surface area contributed by atoms with Gasteiger partial charge in [-0.15, -0.1) is 0 Å². The van der Waals surface area contributed by atoms with Gasteiger partial charge in [0.15, 0.2) is 6.61 Å². The minimum Gasteiger partial charge on any atom is -0.455 e. The first-order chi connectivity index (χ1) is 11.6. The Morgan fingerprint density at radius 3 is 2.54 bits per heavy atom. The summed E-state index contributed by atoms with van der Waals surface area (Å²) in [4.78, 5) is 16.1. The van der Waals surface area contributed by atoms with Gasteiger partial charge >= 0.3 is 5.97 Å². The van der Waals surface area contributed by atoms with E-state index >= 15 is 0 Å². The molecule has 3 rings (SSSR count). The molecule has 6 heteroatoms. The van der Waals surface area contributed by atoms with Crippen molar-refractivity contribution in [3.63, 3.8) is 0 Å². The Bertz CT molecular complexity index is 826. The van der Waals surface area contributed by atoms with Crippen molar-refractivity contribution < 1.29 is 14.1 Å². The predicted octanol–water partition coefficient (Wildman–Crippen LogP) is 3.98. The van der Waals surface area contributed by atoms with Crippen molar-refractivity contribution in [1.82, 2.24) is 10.1 Å². The van der Waals surface area contributed by atoms with E-state index in [-0.39, 0.29) is 24.9 Å². The second-order valence-electron chi connectivity index (χ2n) is 5.34. The number of hydrogen-bond acceptors (Lipinski definition) is 5. The van der Waals surface area contributed by atoms with Crippen molar-refractivity contribution in [2.75, 3.05) is 0 Å². The zero-order valence-corrected chi connectivity index (χ0v) is 13.8. The summed E-state index contributed by atoms with van der Waals surface area (Å²) in [6.07, 6.45) is 0.207. The fourth-order valence-corrected chi connectivity index (χ4v) is 2.22. The van der Waals surface area contributed by atoms with Crippen LogP contribution in [-0.2, 0) is 22.6 Å². The lowest BCUT2D eigenvalue weighted by Gasteiger charge is -2.02. The molecule has 0 fully saturated rings. The molecule has 1 heterocycles. The molecule has 0 radical (unpaired) electrons. The van der Waals surface area contributed by atoms with Crippen LogP contribution >= 0.6 is 11.6 Å². The summed E-state index contributed by atoms with van der Waals surface area (Å²) in [7, 11) is 0. The second kappa shape index (κ2) is 7.27. The average Bonchev–Trinajstić information content (AvgIpc) is 3.05. The fraction of sp³-hybridized carbons (Fsp3) is 0.167. The first-order valence-electron chi connectivity index (χ1n) is 7.40. The number of hydrogen-bond donors (Lipinski definition) is 0. The van der Waals surface area contributed by atoms with Gasteiger partial charge < -0.3 is 9.26 Å². The lowest BCUT2D eigenvalue weighted by atomic mass is 10.1. The number of carbonyl (C=O) groups excluding carboxylic acids is 1. The van der Waals surface area contributed by atoms with E-state index in [2.05, 4.69) is 10.1 Å². The third-order valence-corrected chi connectivity index (χ3v) is 3.65. The Morgan fingerprint density at radius 1 is 1.12 bits per heavy atom. The van der Waals surface area contributed by atoms with Gasteiger partial charge in [0, 0.05) is 10.6 Å². The van der Waals surface area contributed by atoms with Crippen LogP contribution in [0.4, 0.5) is 0 Å². The van der Waals surface area contributed by atoms with Crippen LogP contribution in [-0.4, -0.2) is 16.1 Å². The summed E-state index contributed by atoms with van der Waals surface area (Å²) in [6, 6.07) is 14.8. The quantitative estimate of drug-likeness (QED) is 0.656. The molecule has 0 bridgehead atoms. The molecule has 1 aromatic heterocycles. The monoisotopic (exact) mass is 342 g/mol. The minimum absolute atomic E-state index is 0.0503. The molecule has 0 amide bonds. The van der Waals surface area contributed by atoms with Crippen LogP contribution in [0, 0.1) is 6.92 Å². The molecule has 3 aromatic rings. The van der Waals surface area contributed by atoms with Gasteiger partial charge in [0.1, 0.15) is 0 Å². The van der Waals surface area contributed by atoms with E-state index in [9.17, 15) is 4.79 Å². The van der Waals surface area contributed by atoms with Gasteiger partial charge in [0.25, 0.3) is 5.89 Å². The normalized spacial score (nSPS) is 10.6. The molecule has 0 saturated heterocycles. The van der Waals surface area contributed by atoms with Gasteiger partial charge in [-0.25, -0.2) is 0 Å². The van der Waals surface area contributed by atoms with Crippen LogP contribution in [0.5, 0.6) is 0 Å². The number of nitrogens with zero attached hydrogens (tertiary/aromatic N) is 2. The first-order valence-corrected chi connectivity index (χ1v) is 7.77. The van der Waals surface area contributed by atoms with Crippen molar-refractivity contribution in [2.45, 2.75) is 20.0 Å². The Hall–Kier alpha value is -2.66. The summed E-state index contributed by atoms with van der Waals surface area (Å²) in [5.41, 5.74) is 2.83. The summed E-state index contributed by atoms with van der Waals surface area (Å²) in [6.45, 7) is 1.95. The maximum absolute atomic E-state index is 11.9. The molecule has 0 spiro atoms. The molecule has 0 aliphatic carbocycles. The van der Waals surface area contributed by atoms with Crippen LogP contribution in [0.1, 0.15) is 17.0 Å². The average molecular weight is 343 g/mol. The predicted molar refractivity (Wildman–Crippen MR) is 89.4 cm³/mol. The Balaban J connectivity index is 1.56. The summed E-state index contributed by atoms with van der Waals surface area (Å²) in [5, 5.41) is 4.50. The highest BCUT2D eigenvalue weighted by Gasteiger charge is 2.11. The van der Waals surface area contributed by atoms with E-state index in [4.69, 9.17) is 20.9 Å². The fourth-order valence-electron chi connectivity index (χ4n) is 2.10. The standard InChI is InChI=1S/C18H15ClN2O3/c1-12-2-4-13(5-3-12)10-17(22)23-11-16-20-18(21-24-16)14-6-8-15(19)9-7-14/h2-9H,10-11H2,1H3. The first kappa shape index (κ1) is 16.2. The molecule has 24 heavy (non-hydrogen) atoms. The minimum atomic E-state index is -0.343. The molecule has 0 saturated carbocycles. The zero-order valence-electron chi connectivity index (χ0n) is 13.0. The second-order valence-corrected chi connectivity index (χ2v) is 5.78. The number of halogens is 1. The Morgan fingerprint density at radius 2 is 1.83 bits per heavy atom. The Kier molecular flexibility index (Phi) is 4.91. The molecular weight excluding hydrogens is 328 g/mol. The number of rotatable bonds is 5. The van der Waals surface area contributed by atoms with Crippen molar-refractivity contribution in [1.29, 1.82) is 0 Å². The highest BCUT2D eigenvalue weighted by atomic mass is 35.5. The van der Waals surface area contributed by atoms with Crippen LogP contribution in [0.25, 0.3) is 11.4 Å². The molecule has 0 unspecified atom stereocenters. The van der Waals surface area contributed by atoms with Crippen molar-refractivity contribution in [2.24, 2.45) is 0 Å². The Labute approximate surface area is 144 Å². The molecule has 0 atom stereocenters. The molecule has 122 valence electrons. The van der Waals surface area contributed by atoms with Gasteiger partial charge in [-0.1, -0.05) is 46.6 Å². The van der Waals surface area contributed by atoms with Crippen molar-refractivity contribution in [3.8, 4) is 11.4 Å². The van der Waals surface area contributed by atoms with Gasteiger partial charge in [-0.05, 0) is 36.8 Å². The molecule has 2 aromatic carbocycles. The van der Waals surface area contributed by atoms with Crippen LogP contribution in [0.3, 0.4) is 0 Å². The van der Waals surface area contributed by atoms with Gasteiger partial charge in [-0.3, -0.25) is 4.79 Å². The number of ether oxygens (including phenoxy) is 1. The maximum atomic E-state index is 11.9. The van der Waals surface area contributed by atoms with Crippen LogP contribution in [0.2, 0.25) is 5.02 Å². The number of aromatic nitrogens is 2. The molecule has 5 nitrogen and oxygen atoms in total. The van der Waals surface area contributed by atoms with Gasteiger partial charge in [-0.2, -0.15) is 4.98 Å². The summed E-state index contributed by atoms with van der Waals surface area (Å²) in [5.74, 6) is 0.332. The van der Waals surface area contributed by atoms with E-state index in [1.807, 2.05) is 31.2 Å². The number of aryl methyl sites for hydroxylation is 1. The number of esters is 1. The van der Waals surface area contributed by atoms with E-state index in [0.29, 0.717) is 10.8 Å². The van der Waals surface area contributed by atoms with Crippen molar-refractivity contribution in [3.05, 3.63) is 70.6 Å². The molecule has 0 N–H and O–H groups in total. The summed E-state index contributed by atoms with van der Waals surface area (Å²) >= 11 is 5.84. The molecular formula is C18H15ClN2O3. The highest BCUT2D eigenvalue weighted by Crippen LogP contribution is 2.18. The zero-order chi connectivity index (χ0) is 16.9. The maximum Gasteiger partial charge on any atom is 0.310 e. The SMILES string of the molecule is Cc1ccc(CC(=O)OCc2nc(-c3ccc(Cl)cc3)no2)cc1. The lowest BCUT2D eigenvalue weighted by Crippen LogP contribution is -2.08. The van der Waals surface area contributed by atoms with E-state index in [1.165, 1.54) is 0 Å². The van der Waals surface area contributed by atoms with E-state index in [1.54, 1.807) is 24.3 Å². The molecule has 0 aliphatic heterocycles. The van der Waals surface area contributed by atoms with Crippen LogP contribution < -0.4 is 0 Å². The highest BCUT2D eigenvalue weighted by molar-refractivity contribution is 6.30. The van der Waals surface area contributed by atoms with Gasteiger partial charge in [0.05, 0.1) is 6.42 Å². The van der Waals surface area contributed by atoms with E-state index in [0.717, 1.165) is 16.7 Å². The summed E-state index contributed by atoms with van der Waals surface area (Å²) < 4.78 is 10.3. The van der Waals surface area contributed by atoms with Crippen molar-refractivity contribution >= 4 is 17.6 Å². The van der Waals surface area contributed by atoms with Gasteiger partial charge in [0.2, 0.25) is 5.82 Å². The number of carbonyl (C=O) groups is 1. The van der Waals surface area contributed by atoms with E-state index < -0.39 is 0 Å². The molecule has 0 aliphatic rings. The third-order valence-electron chi connectivity index (χ3n) is 3.40. The topological polar surface area (TPSA) is 65.2 Å². The largest absolute Gasteiger partial charge is 0.455 e.